The van der Waals surface area contributed by atoms with Gasteiger partial charge in [0.2, 0.25) is 0 Å². The van der Waals surface area contributed by atoms with Gasteiger partial charge in [-0.05, 0) is 36.4 Å². The number of carboxylic acids is 1. The van der Waals surface area contributed by atoms with Crippen LogP contribution in [-0.2, 0) is 0 Å². The maximum absolute atomic E-state index is 13.2. The van der Waals surface area contributed by atoms with Gasteiger partial charge in [-0.15, -0.1) is 0 Å². The van der Waals surface area contributed by atoms with E-state index >= 15 is 0 Å². The van der Waals surface area contributed by atoms with E-state index in [1.54, 1.807) is 30.3 Å². The second kappa shape index (κ2) is 8.78. The molecular weight excluding hydrogens is 458 g/mol. The maximum Gasteiger partial charge on any atom is 0.356 e. The van der Waals surface area contributed by atoms with E-state index in [0.717, 1.165) is 6.20 Å². The van der Waals surface area contributed by atoms with Crippen molar-refractivity contribution >= 4 is 40.9 Å². The molecule has 0 bridgehead atoms. The zero-order valence-corrected chi connectivity index (χ0v) is 17.6. The number of hydrogen-bond donors (Lipinski definition) is 2. The van der Waals surface area contributed by atoms with Crippen LogP contribution in [0.2, 0.25) is 10.0 Å². The molecule has 0 unspecified atom stereocenters. The predicted molar refractivity (Wildman–Crippen MR) is 118 cm³/mol. The molecule has 0 fully saturated rings. The Kier molecular flexibility index (Phi) is 5.89. The van der Waals surface area contributed by atoms with Crippen molar-refractivity contribution < 1.29 is 19.1 Å². The molecule has 2 N–H and O–H groups in total. The summed E-state index contributed by atoms with van der Waals surface area (Å²) >= 11 is 12.5. The number of amides is 1. The predicted octanol–water partition coefficient (Wildman–Crippen LogP) is 5.33. The normalized spacial score (nSPS) is 10.7. The Labute approximate surface area is 191 Å². The minimum Gasteiger partial charge on any atom is -0.476 e. The summed E-state index contributed by atoms with van der Waals surface area (Å²) in [5, 5.41) is 16.3. The topological polar surface area (TPSA) is 97.1 Å². The van der Waals surface area contributed by atoms with Gasteiger partial charge in [-0.3, -0.25) is 9.78 Å². The summed E-state index contributed by atoms with van der Waals surface area (Å²) in [4.78, 5) is 28.4. The number of carbonyl (C=O) groups is 2. The van der Waals surface area contributed by atoms with Crippen LogP contribution in [0.25, 0.3) is 16.9 Å². The highest BCUT2D eigenvalue weighted by atomic mass is 35.5. The molecule has 0 saturated carbocycles. The molecule has 4 aromatic rings. The third-order valence-electron chi connectivity index (χ3n) is 4.48. The van der Waals surface area contributed by atoms with Crippen LogP contribution in [0.4, 0.5) is 10.2 Å². The van der Waals surface area contributed by atoms with Gasteiger partial charge in [0.15, 0.2) is 5.69 Å². The van der Waals surface area contributed by atoms with Crippen LogP contribution in [0, 0.1) is 5.82 Å². The number of aromatic carboxylic acids is 1. The number of nitrogens with one attached hydrogen (secondary N) is 1. The fourth-order valence-corrected chi connectivity index (χ4v) is 3.54. The first-order chi connectivity index (χ1) is 15.3. The summed E-state index contributed by atoms with van der Waals surface area (Å²) in [6.45, 7) is 0. The number of hydrogen-bond acceptors (Lipinski definition) is 4. The summed E-state index contributed by atoms with van der Waals surface area (Å²) in [7, 11) is 0. The molecule has 0 aliphatic heterocycles. The van der Waals surface area contributed by atoms with Crippen LogP contribution >= 0.6 is 23.2 Å². The molecule has 160 valence electrons. The number of anilines is 1. The summed E-state index contributed by atoms with van der Waals surface area (Å²) in [5.74, 6) is -2.25. The first-order valence-electron chi connectivity index (χ1n) is 9.14. The minimum atomic E-state index is -1.25. The van der Waals surface area contributed by atoms with E-state index in [-0.39, 0.29) is 27.1 Å². The lowest BCUT2D eigenvalue weighted by atomic mass is 10.1. The molecule has 2 aromatic heterocycles. The second-order valence-corrected chi connectivity index (χ2v) is 7.41. The highest BCUT2D eigenvalue weighted by Gasteiger charge is 2.20. The lowest BCUT2D eigenvalue weighted by Gasteiger charge is -2.12. The molecule has 10 heteroatoms. The smallest absolute Gasteiger partial charge is 0.356 e. The highest BCUT2D eigenvalue weighted by Crippen LogP contribution is 2.32. The molecule has 2 heterocycles. The molecule has 0 spiro atoms. The van der Waals surface area contributed by atoms with Crippen LogP contribution in [0.3, 0.4) is 0 Å². The number of benzene rings is 2. The van der Waals surface area contributed by atoms with Gasteiger partial charge >= 0.3 is 5.97 Å². The quantitative estimate of drug-likeness (QED) is 0.410. The number of halogens is 3. The number of pyridine rings is 1. The van der Waals surface area contributed by atoms with Gasteiger partial charge in [0.25, 0.3) is 5.91 Å². The molecule has 0 atom stereocenters. The zero-order chi connectivity index (χ0) is 22.8. The number of aromatic nitrogens is 3. The van der Waals surface area contributed by atoms with Crippen molar-refractivity contribution in [1.29, 1.82) is 0 Å². The number of carbonyl (C=O) groups excluding carboxylic acids is 1. The van der Waals surface area contributed by atoms with Gasteiger partial charge in [0.05, 0.1) is 33.2 Å². The van der Waals surface area contributed by atoms with Crippen molar-refractivity contribution in [3.05, 3.63) is 94.0 Å². The Morgan fingerprint density at radius 2 is 1.75 bits per heavy atom. The van der Waals surface area contributed by atoms with E-state index in [4.69, 9.17) is 23.2 Å². The molecule has 1 amide bonds. The molecule has 2 aromatic carbocycles. The molecule has 0 radical (unpaired) electrons. The van der Waals surface area contributed by atoms with Crippen molar-refractivity contribution in [2.75, 3.05) is 5.32 Å². The van der Waals surface area contributed by atoms with Crippen LogP contribution < -0.4 is 5.32 Å². The largest absolute Gasteiger partial charge is 0.476 e. The van der Waals surface area contributed by atoms with E-state index in [9.17, 15) is 19.1 Å². The van der Waals surface area contributed by atoms with Crippen molar-refractivity contribution in [1.82, 2.24) is 14.8 Å². The lowest BCUT2D eigenvalue weighted by molar-refractivity contribution is 0.0689. The van der Waals surface area contributed by atoms with E-state index in [0.29, 0.717) is 16.9 Å². The second-order valence-electron chi connectivity index (χ2n) is 6.60. The molecule has 32 heavy (non-hydrogen) atoms. The Bertz CT molecular complexity index is 1330. The van der Waals surface area contributed by atoms with Gasteiger partial charge < -0.3 is 10.4 Å². The Balaban J connectivity index is 1.73. The van der Waals surface area contributed by atoms with Crippen LogP contribution in [-0.4, -0.2) is 31.7 Å². The number of carboxylic acid groups (broad SMARTS) is 1. The Morgan fingerprint density at radius 1 is 1.00 bits per heavy atom. The first kappa shape index (κ1) is 21.5. The van der Waals surface area contributed by atoms with Gasteiger partial charge in [-0.2, -0.15) is 5.10 Å². The maximum atomic E-state index is 13.2. The van der Waals surface area contributed by atoms with Gasteiger partial charge in [-0.25, -0.2) is 13.9 Å². The number of nitrogens with zero attached hydrogens (tertiary/aromatic N) is 3. The number of para-hydroxylation sites is 1. The minimum absolute atomic E-state index is 0.0647. The van der Waals surface area contributed by atoms with E-state index in [1.807, 2.05) is 0 Å². The van der Waals surface area contributed by atoms with Gasteiger partial charge in [0, 0.05) is 11.6 Å². The average Bonchev–Trinajstić information content (AvgIpc) is 3.19. The van der Waals surface area contributed by atoms with Crippen LogP contribution in [0.15, 0.2) is 66.9 Å². The molecule has 0 aliphatic rings. The SMILES string of the molecule is O=C(O)c1cc(NC(=O)c2cc(-c3ccc(F)cn3)c(Cl)cc2Cl)n(-c2ccccc2)n1. The summed E-state index contributed by atoms with van der Waals surface area (Å²) in [5.41, 5.74) is 1.10. The summed E-state index contributed by atoms with van der Waals surface area (Å²) in [6, 6.07) is 15.4. The monoisotopic (exact) mass is 470 g/mol. The summed E-state index contributed by atoms with van der Waals surface area (Å²) < 4.78 is 14.5. The van der Waals surface area contributed by atoms with Gasteiger partial charge in [-0.1, -0.05) is 41.4 Å². The lowest BCUT2D eigenvalue weighted by Crippen LogP contribution is -2.16. The highest BCUT2D eigenvalue weighted by molar-refractivity contribution is 6.38. The van der Waals surface area contributed by atoms with Crippen LogP contribution in [0.5, 0.6) is 0 Å². The molecular formula is C22H13Cl2FN4O3. The third kappa shape index (κ3) is 4.32. The van der Waals surface area contributed by atoms with E-state index in [2.05, 4.69) is 15.4 Å². The van der Waals surface area contributed by atoms with Crippen molar-refractivity contribution in [3.63, 3.8) is 0 Å². The van der Waals surface area contributed by atoms with Crippen molar-refractivity contribution in [2.24, 2.45) is 0 Å². The molecule has 0 saturated heterocycles. The Hall–Kier alpha value is -3.75. The van der Waals surface area contributed by atoms with Crippen LogP contribution in [0.1, 0.15) is 20.8 Å². The summed E-state index contributed by atoms with van der Waals surface area (Å²) in [6.07, 6.45) is 1.03. The zero-order valence-electron chi connectivity index (χ0n) is 16.1. The van der Waals surface area contributed by atoms with Gasteiger partial charge in [0.1, 0.15) is 11.6 Å². The molecule has 7 nitrogen and oxygen atoms in total. The molecule has 0 aliphatic carbocycles. The van der Waals surface area contributed by atoms with Crippen molar-refractivity contribution in [2.45, 2.75) is 0 Å². The van der Waals surface area contributed by atoms with E-state index < -0.39 is 17.7 Å². The third-order valence-corrected chi connectivity index (χ3v) is 5.10. The van der Waals surface area contributed by atoms with E-state index in [1.165, 1.54) is 35.0 Å². The number of rotatable bonds is 5. The fourth-order valence-electron chi connectivity index (χ4n) is 2.98. The Morgan fingerprint density at radius 3 is 2.41 bits per heavy atom. The molecule has 4 rings (SSSR count). The fraction of sp³-hybridized carbons (Fsp3) is 0. The average molecular weight is 471 g/mol. The van der Waals surface area contributed by atoms with Crippen molar-refractivity contribution in [3.8, 4) is 16.9 Å². The first-order valence-corrected chi connectivity index (χ1v) is 9.90. The standard InChI is InChI=1S/C22H13Cl2FN4O3/c23-16-9-17(24)15(8-14(16)18-7-6-12(25)11-26-18)21(30)27-20-10-19(22(31)32)28-29(20)13-4-2-1-3-5-13/h1-11H,(H,27,30)(H,31,32).